The van der Waals surface area contributed by atoms with Gasteiger partial charge in [0.05, 0.1) is 0 Å². The highest BCUT2D eigenvalue weighted by Crippen LogP contribution is 2.67. The fraction of sp³-hybridized carbons (Fsp3) is 0.800. The molecule has 0 spiro atoms. The smallest absolute Gasteiger partial charge is 0.313 e. The number of carbonyl (C=O) groups is 1. The van der Waals surface area contributed by atoms with E-state index in [1.165, 1.54) is 5.57 Å². The van der Waals surface area contributed by atoms with Crippen molar-refractivity contribution in [2.45, 2.75) is 64.9 Å². The van der Waals surface area contributed by atoms with Gasteiger partial charge >= 0.3 is 6.43 Å². The van der Waals surface area contributed by atoms with E-state index in [2.05, 4.69) is 13.0 Å². The van der Waals surface area contributed by atoms with Gasteiger partial charge in [0.15, 0.2) is 5.78 Å². The molecule has 3 saturated carbocycles. The second-order valence-electron chi connectivity index (χ2n) is 9.00. The number of rotatable bonds is 1. The molecule has 1 radical (unpaired) electrons. The van der Waals surface area contributed by atoms with Gasteiger partial charge in [-0.05, 0) is 68.1 Å². The molecule has 0 heterocycles. The minimum atomic E-state index is -1.48. The van der Waals surface area contributed by atoms with Gasteiger partial charge in [0.1, 0.15) is 6.10 Å². The van der Waals surface area contributed by atoms with Crippen molar-refractivity contribution in [3.8, 4) is 0 Å². The molecule has 7 atom stereocenters. The molecule has 0 aromatic carbocycles. The normalized spacial score (nSPS) is 51.0. The molecule has 4 aliphatic rings. The number of ketones is 1. The maximum Gasteiger partial charge on any atom is 0.313 e. The largest absolute Gasteiger partial charge is 0.385 e. The molecule has 1 N–H and O–H groups in total. The van der Waals surface area contributed by atoms with E-state index < -0.39 is 23.9 Å². The standard InChI is InChI=1S/C20H27F2O2/c1-19-7-4-3-5-11(19)9-12(18(21)22)16-13(19)6-8-20(2)14(16)10-15(23)17(20)24/h5,12-16,23H,3-4,6-10H2,1-2H3/t12-,13+,14+,15-,16-,19+,20+/m1/s1. The molecule has 0 aromatic rings. The van der Waals surface area contributed by atoms with Crippen LogP contribution in [-0.4, -0.2) is 17.0 Å². The molecule has 24 heavy (non-hydrogen) atoms. The van der Waals surface area contributed by atoms with Crippen molar-refractivity contribution in [1.29, 1.82) is 0 Å². The Hall–Kier alpha value is -0.770. The molecule has 0 aromatic heterocycles. The van der Waals surface area contributed by atoms with E-state index in [-0.39, 0.29) is 29.0 Å². The third-order valence-corrected chi connectivity index (χ3v) is 8.09. The minimum Gasteiger partial charge on any atom is -0.385 e. The molecule has 133 valence electrons. The number of hydrogen-bond acceptors (Lipinski definition) is 2. The van der Waals surface area contributed by atoms with Crippen LogP contribution in [0.3, 0.4) is 0 Å². The zero-order valence-electron chi connectivity index (χ0n) is 14.5. The molecule has 0 unspecified atom stereocenters. The van der Waals surface area contributed by atoms with Crippen molar-refractivity contribution < 1.29 is 18.7 Å². The lowest BCUT2D eigenvalue weighted by molar-refractivity contribution is -0.139. The van der Waals surface area contributed by atoms with Crippen LogP contribution in [0.15, 0.2) is 11.6 Å². The van der Waals surface area contributed by atoms with Gasteiger partial charge in [-0.2, -0.15) is 8.78 Å². The highest BCUT2D eigenvalue weighted by Gasteiger charge is 2.64. The summed E-state index contributed by atoms with van der Waals surface area (Å²) in [5.41, 5.74) is 0.620. The van der Waals surface area contributed by atoms with E-state index in [4.69, 9.17) is 0 Å². The van der Waals surface area contributed by atoms with E-state index >= 15 is 0 Å². The molecule has 3 fully saturated rings. The van der Waals surface area contributed by atoms with Crippen LogP contribution in [0.5, 0.6) is 0 Å². The number of Topliss-reactive ketones (excluding diaryl/α,β-unsaturated/α-hetero) is 1. The minimum absolute atomic E-state index is 0.00673. The van der Waals surface area contributed by atoms with Gasteiger partial charge in [-0.3, -0.25) is 4.79 Å². The summed E-state index contributed by atoms with van der Waals surface area (Å²) in [4.78, 5) is 12.5. The summed E-state index contributed by atoms with van der Waals surface area (Å²) in [6.07, 6.45) is 5.34. The fourth-order valence-electron chi connectivity index (χ4n) is 6.77. The first-order valence-electron chi connectivity index (χ1n) is 9.39. The second-order valence-corrected chi connectivity index (χ2v) is 9.00. The summed E-state index contributed by atoms with van der Waals surface area (Å²) in [7, 11) is 0. The highest BCUT2D eigenvalue weighted by atomic mass is 19.3. The zero-order chi connectivity index (χ0) is 17.3. The molecule has 4 aliphatic carbocycles. The second kappa shape index (κ2) is 5.36. The van der Waals surface area contributed by atoms with E-state index in [9.17, 15) is 18.7 Å². The van der Waals surface area contributed by atoms with Crippen molar-refractivity contribution in [2.24, 2.45) is 34.5 Å². The SMILES string of the molecule is C[C@]12CCCC=C1C[C@@H]([C](F)F)[C@@H]1[C@@H]2CC[C@]2(C)C(=O)[C@H](O)C[C@@H]12. The van der Waals surface area contributed by atoms with Gasteiger partial charge in [0, 0.05) is 11.3 Å². The molecule has 0 amide bonds. The lowest BCUT2D eigenvalue weighted by Crippen LogP contribution is -2.54. The average molecular weight is 337 g/mol. The van der Waals surface area contributed by atoms with Gasteiger partial charge in [-0.1, -0.05) is 25.5 Å². The number of hydrogen-bond donors (Lipinski definition) is 1. The Balaban J connectivity index is 1.78. The predicted molar refractivity (Wildman–Crippen MR) is 87.0 cm³/mol. The van der Waals surface area contributed by atoms with Gasteiger partial charge in [-0.25, -0.2) is 0 Å². The molecule has 4 rings (SSSR count). The van der Waals surface area contributed by atoms with Crippen LogP contribution in [0.1, 0.15) is 58.8 Å². The van der Waals surface area contributed by atoms with E-state index in [0.717, 1.165) is 32.1 Å². The Labute approximate surface area is 142 Å². The molecule has 0 bridgehead atoms. The first-order valence-corrected chi connectivity index (χ1v) is 9.39. The fourth-order valence-corrected chi connectivity index (χ4v) is 6.77. The summed E-state index contributed by atoms with van der Waals surface area (Å²) < 4.78 is 27.8. The Morgan fingerprint density at radius 1 is 1.21 bits per heavy atom. The maximum atomic E-state index is 13.9. The van der Waals surface area contributed by atoms with Crippen LogP contribution in [0.4, 0.5) is 8.78 Å². The maximum absolute atomic E-state index is 13.9. The summed E-state index contributed by atoms with van der Waals surface area (Å²) in [5.74, 6) is -0.921. The highest BCUT2D eigenvalue weighted by molar-refractivity contribution is 5.91. The van der Waals surface area contributed by atoms with Crippen molar-refractivity contribution >= 4 is 5.78 Å². The zero-order valence-corrected chi connectivity index (χ0v) is 14.5. The van der Waals surface area contributed by atoms with Gasteiger partial charge in [-0.15, -0.1) is 0 Å². The van der Waals surface area contributed by atoms with Gasteiger partial charge in [0.25, 0.3) is 0 Å². The van der Waals surface area contributed by atoms with Crippen LogP contribution >= 0.6 is 0 Å². The lowest BCUT2D eigenvalue weighted by Gasteiger charge is -2.59. The molecule has 0 saturated heterocycles. The number of aliphatic hydroxyl groups excluding tert-OH is 1. The van der Waals surface area contributed by atoms with Crippen LogP contribution in [0.2, 0.25) is 0 Å². The number of carbonyl (C=O) groups excluding carboxylic acids is 1. The summed E-state index contributed by atoms with van der Waals surface area (Å²) in [5, 5.41) is 10.2. The summed E-state index contributed by atoms with van der Waals surface area (Å²) >= 11 is 0. The van der Waals surface area contributed by atoms with E-state index in [1.807, 2.05) is 6.92 Å². The molecular formula is C20H27F2O2. The molecular weight excluding hydrogens is 310 g/mol. The quantitative estimate of drug-likeness (QED) is 0.714. The van der Waals surface area contributed by atoms with Crippen molar-refractivity contribution in [3.05, 3.63) is 18.1 Å². The lowest BCUT2D eigenvalue weighted by atomic mass is 9.45. The Kier molecular flexibility index (Phi) is 3.73. The number of aliphatic hydroxyl groups is 1. The monoisotopic (exact) mass is 337 g/mol. The summed E-state index contributed by atoms with van der Waals surface area (Å²) in [6.45, 7) is 4.17. The molecule has 2 nitrogen and oxygen atoms in total. The van der Waals surface area contributed by atoms with Crippen molar-refractivity contribution in [1.82, 2.24) is 0 Å². The number of allylic oxidation sites excluding steroid dienone is 2. The topological polar surface area (TPSA) is 37.3 Å². The Morgan fingerprint density at radius 2 is 1.96 bits per heavy atom. The Morgan fingerprint density at radius 3 is 2.67 bits per heavy atom. The summed E-state index contributed by atoms with van der Waals surface area (Å²) in [6, 6.07) is 0. The van der Waals surface area contributed by atoms with Crippen molar-refractivity contribution in [3.63, 3.8) is 0 Å². The first kappa shape index (κ1) is 16.7. The van der Waals surface area contributed by atoms with Crippen molar-refractivity contribution in [2.75, 3.05) is 0 Å². The third kappa shape index (κ3) is 2.04. The van der Waals surface area contributed by atoms with E-state index in [1.54, 1.807) is 0 Å². The first-order chi connectivity index (χ1) is 11.3. The number of fused-ring (bicyclic) bond motifs is 5. The number of halogens is 2. The third-order valence-electron chi connectivity index (χ3n) is 8.09. The van der Waals surface area contributed by atoms with Crippen LogP contribution in [0, 0.1) is 40.9 Å². The van der Waals surface area contributed by atoms with Gasteiger partial charge < -0.3 is 5.11 Å². The Bertz CT molecular complexity index is 586. The van der Waals surface area contributed by atoms with Crippen LogP contribution in [0.25, 0.3) is 0 Å². The van der Waals surface area contributed by atoms with Crippen LogP contribution in [-0.2, 0) is 4.79 Å². The van der Waals surface area contributed by atoms with Gasteiger partial charge in [0.2, 0.25) is 0 Å². The molecule has 4 heteroatoms. The van der Waals surface area contributed by atoms with Crippen LogP contribution < -0.4 is 0 Å². The predicted octanol–water partition coefficient (Wildman–Crippen LogP) is 4.53. The molecule has 0 aliphatic heterocycles. The average Bonchev–Trinajstić information content (AvgIpc) is 2.77. The van der Waals surface area contributed by atoms with E-state index in [0.29, 0.717) is 12.8 Å².